The summed E-state index contributed by atoms with van der Waals surface area (Å²) in [4.78, 5) is 8.26. The second-order valence-electron chi connectivity index (χ2n) is 6.55. The minimum absolute atomic E-state index is 0.252. The van der Waals surface area contributed by atoms with Gasteiger partial charge in [-0.15, -0.1) is 0 Å². The number of nitrogens with one attached hydrogen (secondary N) is 1. The van der Waals surface area contributed by atoms with E-state index in [9.17, 15) is 4.39 Å². The molecule has 1 N–H and O–H groups in total. The van der Waals surface area contributed by atoms with Gasteiger partial charge in [0, 0.05) is 16.7 Å². The summed E-state index contributed by atoms with van der Waals surface area (Å²) >= 11 is 0. The molecule has 3 heteroatoms. The van der Waals surface area contributed by atoms with Gasteiger partial charge in [-0.1, -0.05) is 59.7 Å². The molecule has 128 valence electrons. The number of aromatic nitrogens is 2. The fourth-order valence-electron chi connectivity index (χ4n) is 2.97. The van der Waals surface area contributed by atoms with Crippen LogP contribution in [0.3, 0.4) is 0 Å². The molecule has 0 amide bonds. The van der Waals surface area contributed by atoms with Crippen LogP contribution in [0.5, 0.6) is 0 Å². The number of halogens is 1. The lowest BCUT2D eigenvalue weighted by Gasteiger charge is -2.04. The molecule has 0 spiro atoms. The summed E-state index contributed by atoms with van der Waals surface area (Å²) in [5.74, 6) is 0.481. The monoisotopic (exact) mass is 342 g/mol. The first-order valence-corrected chi connectivity index (χ1v) is 8.60. The lowest BCUT2D eigenvalue weighted by molar-refractivity contribution is 0.628. The van der Waals surface area contributed by atoms with Crippen LogP contribution in [0.2, 0.25) is 0 Å². The Balaban J connectivity index is 1.88. The second kappa shape index (κ2) is 6.60. The van der Waals surface area contributed by atoms with Crippen molar-refractivity contribution in [3.05, 3.63) is 89.7 Å². The van der Waals surface area contributed by atoms with Gasteiger partial charge >= 0.3 is 0 Å². The van der Waals surface area contributed by atoms with Gasteiger partial charge in [0.2, 0.25) is 0 Å². The summed E-state index contributed by atoms with van der Waals surface area (Å²) < 4.78 is 13.3. The predicted molar refractivity (Wildman–Crippen MR) is 104 cm³/mol. The minimum atomic E-state index is -0.252. The van der Waals surface area contributed by atoms with Crippen molar-refractivity contribution in [3.63, 3.8) is 0 Å². The van der Waals surface area contributed by atoms with Crippen molar-refractivity contribution in [2.45, 2.75) is 13.8 Å². The molecule has 0 saturated heterocycles. The largest absolute Gasteiger partial charge is 0.337 e. The van der Waals surface area contributed by atoms with Crippen LogP contribution in [0.25, 0.3) is 33.9 Å². The highest BCUT2D eigenvalue weighted by atomic mass is 19.1. The van der Waals surface area contributed by atoms with E-state index in [0.29, 0.717) is 0 Å². The smallest absolute Gasteiger partial charge is 0.138 e. The highest BCUT2D eigenvalue weighted by Crippen LogP contribution is 2.33. The van der Waals surface area contributed by atoms with E-state index in [1.165, 1.54) is 23.3 Å². The first kappa shape index (κ1) is 16.3. The van der Waals surface area contributed by atoms with Crippen LogP contribution in [-0.4, -0.2) is 9.97 Å². The Hall–Kier alpha value is -3.20. The van der Waals surface area contributed by atoms with Gasteiger partial charge in [-0.2, -0.15) is 0 Å². The van der Waals surface area contributed by atoms with Gasteiger partial charge in [-0.25, -0.2) is 9.37 Å². The van der Waals surface area contributed by atoms with Gasteiger partial charge in [-0.05, 0) is 38.1 Å². The van der Waals surface area contributed by atoms with Crippen molar-refractivity contribution < 1.29 is 4.39 Å². The summed E-state index contributed by atoms with van der Waals surface area (Å²) in [5, 5.41) is 0. The number of rotatable bonds is 3. The van der Waals surface area contributed by atoms with Crippen molar-refractivity contribution in [1.82, 2.24) is 9.97 Å². The molecule has 0 atom stereocenters. The molecule has 4 rings (SSSR count). The molecule has 0 radical (unpaired) electrons. The molecule has 0 aliphatic rings. The van der Waals surface area contributed by atoms with Gasteiger partial charge in [0.25, 0.3) is 0 Å². The fourth-order valence-corrected chi connectivity index (χ4v) is 2.97. The van der Waals surface area contributed by atoms with E-state index in [1.807, 2.05) is 0 Å². The van der Waals surface area contributed by atoms with Crippen LogP contribution in [0.1, 0.15) is 11.1 Å². The van der Waals surface area contributed by atoms with Gasteiger partial charge in [-0.3, -0.25) is 0 Å². The number of aromatic amines is 1. The highest BCUT2D eigenvalue weighted by molar-refractivity contribution is 5.81. The van der Waals surface area contributed by atoms with E-state index in [2.05, 4.69) is 67.4 Å². The van der Waals surface area contributed by atoms with E-state index in [4.69, 9.17) is 4.98 Å². The number of nitrogens with zero attached hydrogens (tertiary/aromatic N) is 1. The lowest BCUT2D eigenvalue weighted by Crippen LogP contribution is -1.84. The van der Waals surface area contributed by atoms with Crippen LogP contribution >= 0.6 is 0 Å². The van der Waals surface area contributed by atoms with E-state index < -0.39 is 0 Å². The Bertz CT molecular complexity index is 964. The Morgan fingerprint density at radius 1 is 0.654 bits per heavy atom. The molecular formula is C23H19FN2. The Morgan fingerprint density at radius 2 is 1.15 bits per heavy atom. The molecule has 4 aromatic rings. The first-order chi connectivity index (χ1) is 12.6. The molecule has 0 aliphatic heterocycles. The Labute approximate surface area is 152 Å². The number of benzene rings is 3. The molecule has 1 aromatic heterocycles. The quantitative estimate of drug-likeness (QED) is 0.474. The highest BCUT2D eigenvalue weighted by Gasteiger charge is 2.15. The van der Waals surface area contributed by atoms with Crippen LogP contribution in [0.4, 0.5) is 4.39 Å². The Morgan fingerprint density at radius 3 is 1.73 bits per heavy atom. The normalized spacial score (nSPS) is 10.9. The molecule has 2 nitrogen and oxygen atoms in total. The van der Waals surface area contributed by atoms with E-state index in [0.717, 1.165) is 33.9 Å². The number of hydrogen-bond donors (Lipinski definition) is 1. The predicted octanol–water partition coefficient (Wildman–Crippen LogP) is 6.17. The maximum Gasteiger partial charge on any atom is 0.138 e. The minimum Gasteiger partial charge on any atom is -0.337 e. The summed E-state index contributed by atoms with van der Waals surface area (Å²) in [6.45, 7) is 4.14. The molecule has 3 aromatic carbocycles. The number of hydrogen-bond acceptors (Lipinski definition) is 1. The number of H-pyrrole nitrogens is 1. The third-order valence-corrected chi connectivity index (χ3v) is 4.49. The molecule has 0 saturated carbocycles. The molecule has 1 heterocycles. The summed E-state index contributed by atoms with van der Waals surface area (Å²) in [5.41, 5.74) is 7.27. The van der Waals surface area contributed by atoms with E-state index in [-0.39, 0.29) is 5.82 Å². The molecule has 0 bridgehead atoms. The van der Waals surface area contributed by atoms with Crippen molar-refractivity contribution in [2.75, 3.05) is 0 Å². The van der Waals surface area contributed by atoms with Gasteiger partial charge in [0.1, 0.15) is 11.6 Å². The molecule has 0 fully saturated rings. The van der Waals surface area contributed by atoms with Crippen LogP contribution < -0.4 is 0 Å². The summed E-state index contributed by atoms with van der Waals surface area (Å²) in [6.07, 6.45) is 0. The standard InChI is InChI=1S/C23H19FN2/c1-15-3-7-17(8-4-15)21-22(18-9-5-16(2)6-10-18)26-23(25-21)19-11-13-20(24)14-12-19/h3-14H,1-2H3,(H,25,26). The van der Waals surface area contributed by atoms with E-state index >= 15 is 0 Å². The van der Waals surface area contributed by atoms with Crippen molar-refractivity contribution in [2.24, 2.45) is 0 Å². The van der Waals surface area contributed by atoms with Crippen LogP contribution in [0.15, 0.2) is 72.8 Å². The summed E-state index contributed by atoms with van der Waals surface area (Å²) in [7, 11) is 0. The zero-order chi connectivity index (χ0) is 18.1. The summed E-state index contributed by atoms with van der Waals surface area (Å²) in [6, 6.07) is 23.1. The van der Waals surface area contributed by atoms with Gasteiger partial charge in [0.05, 0.1) is 11.4 Å². The molecule has 0 aliphatic carbocycles. The van der Waals surface area contributed by atoms with Crippen molar-refractivity contribution >= 4 is 0 Å². The average Bonchev–Trinajstić information content (AvgIpc) is 3.09. The van der Waals surface area contributed by atoms with E-state index in [1.54, 1.807) is 12.1 Å². The Kier molecular flexibility index (Phi) is 4.13. The third kappa shape index (κ3) is 3.16. The average molecular weight is 342 g/mol. The van der Waals surface area contributed by atoms with Crippen LogP contribution in [-0.2, 0) is 0 Å². The molecular weight excluding hydrogens is 323 g/mol. The lowest BCUT2D eigenvalue weighted by atomic mass is 10.0. The maximum atomic E-state index is 13.3. The zero-order valence-electron chi connectivity index (χ0n) is 14.8. The molecule has 0 unspecified atom stereocenters. The SMILES string of the molecule is Cc1ccc(-c2nc(-c3ccc(F)cc3)[nH]c2-c2ccc(C)cc2)cc1. The third-order valence-electron chi connectivity index (χ3n) is 4.49. The number of imidazole rings is 1. The topological polar surface area (TPSA) is 28.7 Å². The van der Waals surface area contributed by atoms with Crippen molar-refractivity contribution in [3.8, 4) is 33.9 Å². The maximum absolute atomic E-state index is 13.3. The van der Waals surface area contributed by atoms with Gasteiger partial charge in [0.15, 0.2) is 0 Å². The fraction of sp³-hybridized carbons (Fsp3) is 0.0870. The second-order valence-corrected chi connectivity index (χ2v) is 6.55. The van der Waals surface area contributed by atoms with Gasteiger partial charge < -0.3 is 4.98 Å². The number of aryl methyl sites for hydroxylation is 2. The molecule has 26 heavy (non-hydrogen) atoms. The van der Waals surface area contributed by atoms with Crippen LogP contribution in [0, 0.1) is 19.7 Å². The van der Waals surface area contributed by atoms with Crippen molar-refractivity contribution in [1.29, 1.82) is 0 Å². The first-order valence-electron chi connectivity index (χ1n) is 8.60. The zero-order valence-corrected chi connectivity index (χ0v) is 14.8.